The number of pyridine rings is 1. The first-order valence-corrected chi connectivity index (χ1v) is 4.60. The molecule has 1 aliphatic carbocycles. The summed E-state index contributed by atoms with van der Waals surface area (Å²) in [5.41, 5.74) is 3.12. The molecule has 1 aromatic heterocycles. The standard InChI is InChI=1S/C10H12N2O/c1-7-5-6-8-9(11-7)3-2-4-10(8)12-13/h5-6,10H,2-4H2,1H3. The van der Waals surface area contributed by atoms with E-state index in [4.69, 9.17) is 0 Å². The van der Waals surface area contributed by atoms with Gasteiger partial charge in [0, 0.05) is 17.0 Å². The Morgan fingerprint density at radius 1 is 1.54 bits per heavy atom. The van der Waals surface area contributed by atoms with E-state index in [-0.39, 0.29) is 6.04 Å². The van der Waals surface area contributed by atoms with Crippen LogP contribution in [0.3, 0.4) is 0 Å². The van der Waals surface area contributed by atoms with Crippen molar-refractivity contribution in [1.82, 2.24) is 4.98 Å². The molecule has 1 atom stereocenters. The van der Waals surface area contributed by atoms with Gasteiger partial charge in [0.1, 0.15) is 6.04 Å². The fourth-order valence-electron chi connectivity index (χ4n) is 1.85. The summed E-state index contributed by atoms with van der Waals surface area (Å²) >= 11 is 0. The molecule has 1 aliphatic rings. The van der Waals surface area contributed by atoms with Gasteiger partial charge in [-0.05, 0) is 32.3 Å². The van der Waals surface area contributed by atoms with Crippen LogP contribution in [0.15, 0.2) is 17.3 Å². The lowest BCUT2D eigenvalue weighted by molar-refractivity contribution is 0.558. The van der Waals surface area contributed by atoms with Gasteiger partial charge >= 0.3 is 0 Å². The Bertz CT molecular complexity index is 336. The third-order valence-electron chi connectivity index (χ3n) is 2.53. The summed E-state index contributed by atoms with van der Waals surface area (Å²) in [7, 11) is 0. The van der Waals surface area contributed by atoms with Crippen LogP contribution >= 0.6 is 0 Å². The lowest BCUT2D eigenvalue weighted by Gasteiger charge is -2.19. The van der Waals surface area contributed by atoms with Crippen molar-refractivity contribution in [2.75, 3.05) is 0 Å². The molecule has 1 aromatic rings. The monoisotopic (exact) mass is 176 g/mol. The molecule has 1 unspecified atom stereocenters. The van der Waals surface area contributed by atoms with E-state index < -0.39 is 0 Å². The fourth-order valence-corrected chi connectivity index (χ4v) is 1.85. The van der Waals surface area contributed by atoms with Crippen LogP contribution in [0.4, 0.5) is 0 Å². The average molecular weight is 176 g/mol. The van der Waals surface area contributed by atoms with E-state index in [1.54, 1.807) is 0 Å². The number of hydrogen-bond acceptors (Lipinski definition) is 3. The zero-order chi connectivity index (χ0) is 9.26. The van der Waals surface area contributed by atoms with Crippen LogP contribution in [-0.2, 0) is 6.42 Å². The molecule has 0 aromatic carbocycles. The van der Waals surface area contributed by atoms with Gasteiger partial charge in [-0.3, -0.25) is 4.98 Å². The van der Waals surface area contributed by atoms with E-state index in [0.29, 0.717) is 0 Å². The van der Waals surface area contributed by atoms with Crippen LogP contribution in [-0.4, -0.2) is 4.98 Å². The largest absolute Gasteiger partial charge is 0.258 e. The van der Waals surface area contributed by atoms with Gasteiger partial charge in [-0.1, -0.05) is 11.2 Å². The number of aromatic nitrogens is 1. The molecule has 0 aliphatic heterocycles. The molecule has 0 saturated carbocycles. The summed E-state index contributed by atoms with van der Waals surface area (Å²) in [6, 6.07) is 3.78. The van der Waals surface area contributed by atoms with Crippen molar-refractivity contribution >= 4 is 0 Å². The van der Waals surface area contributed by atoms with Crippen molar-refractivity contribution in [3.8, 4) is 0 Å². The van der Waals surface area contributed by atoms with Gasteiger partial charge in [-0.25, -0.2) is 0 Å². The van der Waals surface area contributed by atoms with Crippen molar-refractivity contribution in [3.05, 3.63) is 34.0 Å². The first-order chi connectivity index (χ1) is 6.31. The van der Waals surface area contributed by atoms with Crippen molar-refractivity contribution in [2.45, 2.75) is 32.2 Å². The third-order valence-corrected chi connectivity index (χ3v) is 2.53. The number of nitroso groups, excluding NO2 is 1. The highest BCUT2D eigenvalue weighted by Crippen LogP contribution is 2.31. The minimum Gasteiger partial charge on any atom is -0.258 e. The molecule has 0 bridgehead atoms. The summed E-state index contributed by atoms with van der Waals surface area (Å²) in [5, 5.41) is 3.13. The SMILES string of the molecule is Cc1ccc2c(n1)CCCC2N=O. The summed E-state index contributed by atoms with van der Waals surface area (Å²) in [4.78, 5) is 14.9. The van der Waals surface area contributed by atoms with Gasteiger partial charge in [0.05, 0.1) is 0 Å². The van der Waals surface area contributed by atoms with Crippen molar-refractivity contribution in [3.63, 3.8) is 0 Å². The topological polar surface area (TPSA) is 42.3 Å². The van der Waals surface area contributed by atoms with Crippen LogP contribution in [0, 0.1) is 11.8 Å². The van der Waals surface area contributed by atoms with Crippen LogP contribution in [0.5, 0.6) is 0 Å². The Morgan fingerprint density at radius 3 is 3.15 bits per heavy atom. The van der Waals surface area contributed by atoms with Crippen LogP contribution in [0.25, 0.3) is 0 Å². The Kier molecular flexibility index (Phi) is 2.08. The third kappa shape index (κ3) is 1.46. The predicted octanol–water partition coefficient (Wildman–Crippen LogP) is 2.53. The van der Waals surface area contributed by atoms with Gasteiger partial charge in [0.15, 0.2) is 0 Å². The summed E-state index contributed by atoms with van der Waals surface area (Å²) in [6.07, 6.45) is 2.89. The minimum atomic E-state index is -0.156. The van der Waals surface area contributed by atoms with Crippen molar-refractivity contribution in [1.29, 1.82) is 0 Å². The first kappa shape index (κ1) is 8.35. The highest BCUT2D eigenvalue weighted by Gasteiger charge is 2.21. The van der Waals surface area contributed by atoms with E-state index in [9.17, 15) is 4.91 Å². The second-order valence-electron chi connectivity index (χ2n) is 3.50. The lowest BCUT2D eigenvalue weighted by Crippen LogP contribution is -2.10. The molecule has 0 radical (unpaired) electrons. The van der Waals surface area contributed by atoms with E-state index in [1.165, 1.54) is 0 Å². The Balaban J connectivity index is 2.45. The van der Waals surface area contributed by atoms with E-state index in [1.807, 2.05) is 19.1 Å². The molecule has 3 nitrogen and oxygen atoms in total. The molecule has 0 fully saturated rings. The number of fused-ring (bicyclic) bond motifs is 1. The summed E-state index contributed by atoms with van der Waals surface area (Å²) in [5.74, 6) is 0. The highest BCUT2D eigenvalue weighted by atomic mass is 16.3. The molecule has 0 amide bonds. The second kappa shape index (κ2) is 3.24. The smallest absolute Gasteiger partial charge is 0.119 e. The molecular formula is C10H12N2O. The first-order valence-electron chi connectivity index (χ1n) is 4.60. The minimum absolute atomic E-state index is 0.156. The molecule has 2 rings (SSSR count). The molecule has 0 spiro atoms. The lowest BCUT2D eigenvalue weighted by atomic mass is 9.92. The van der Waals surface area contributed by atoms with E-state index in [2.05, 4.69) is 10.2 Å². The number of rotatable bonds is 1. The number of hydrogen-bond donors (Lipinski definition) is 0. The normalized spacial score (nSPS) is 20.8. The summed E-state index contributed by atoms with van der Waals surface area (Å²) in [6.45, 7) is 1.97. The average Bonchev–Trinajstić information content (AvgIpc) is 2.16. The molecule has 68 valence electrons. The second-order valence-corrected chi connectivity index (χ2v) is 3.50. The molecule has 1 heterocycles. The molecular weight excluding hydrogens is 164 g/mol. The summed E-state index contributed by atoms with van der Waals surface area (Å²) < 4.78 is 0. The van der Waals surface area contributed by atoms with Gasteiger partial charge in [-0.15, -0.1) is 0 Å². The Labute approximate surface area is 77.2 Å². The molecule has 0 saturated heterocycles. The molecule has 0 N–H and O–H groups in total. The fraction of sp³-hybridized carbons (Fsp3) is 0.500. The maximum Gasteiger partial charge on any atom is 0.119 e. The van der Waals surface area contributed by atoms with Crippen molar-refractivity contribution in [2.24, 2.45) is 5.18 Å². The Morgan fingerprint density at radius 2 is 2.38 bits per heavy atom. The van der Waals surface area contributed by atoms with Crippen LogP contribution in [0.2, 0.25) is 0 Å². The molecule has 13 heavy (non-hydrogen) atoms. The quantitative estimate of drug-likeness (QED) is 0.617. The maximum atomic E-state index is 10.5. The van der Waals surface area contributed by atoms with E-state index in [0.717, 1.165) is 36.2 Å². The number of aryl methyl sites for hydroxylation is 2. The van der Waals surface area contributed by atoms with Crippen LogP contribution in [0.1, 0.15) is 35.8 Å². The van der Waals surface area contributed by atoms with Gasteiger partial charge in [0.25, 0.3) is 0 Å². The Hall–Kier alpha value is -1.25. The van der Waals surface area contributed by atoms with Gasteiger partial charge in [-0.2, -0.15) is 4.91 Å². The zero-order valence-corrected chi connectivity index (χ0v) is 7.66. The highest BCUT2D eigenvalue weighted by molar-refractivity contribution is 5.28. The maximum absolute atomic E-state index is 10.5. The zero-order valence-electron chi connectivity index (χ0n) is 7.66. The number of nitrogens with zero attached hydrogens (tertiary/aromatic N) is 2. The van der Waals surface area contributed by atoms with Crippen molar-refractivity contribution < 1.29 is 0 Å². The van der Waals surface area contributed by atoms with Gasteiger partial charge in [0.2, 0.25) is 0 Å². The predicted molar refractivity (Wildman–Crippen MR) is 50.4 cm³/mol. The van der Waals surface area contributed by atoms with E-state index >= 15 is 0 Å². The van der Waals surface area contributed by atoms with Crippen LogP contribution < -0.4 is 0 Å². The van der Waals surface area contributed by atoms with Gasteiger partial charge < -0.3 is 0 Å². The molecule has 3 heteroatoms.